The topological polar surface area (TPSA) is 107 Å². The number of hydrogen-bond donors (Lipinski definition) is 4. The third kappa shape index (κ3) is 3.46. The molecule has 2 rings (SSSR count). The molecule has 0 unspecified atom stereocenters. The van der Waals surface area contributed by atoms with Crippen LogP contribution in [0.25, 0.3) is 0 Å². The molecule has 6 nitrogen and oxygen atoms in total. The zero-order valence-electron chi connectivity index (χ0n) is 12.1. The smallest absolute Gasteiger partial charge is 0.240 e. The average molecular weight is 294 g/mol. The Kier molecular flexibility index (Phi) is 4.39. The van der Waals surface area contributed by atoms with E-state index in [1.165, 1.54) is 12.1 Å². The van der Waals surface area contributed by atoms with Crippen LogP contribution >= 0.6 is 0 Å². The highest BCUT2D eigenvalue weighted by Crippen LogP contribution is 2.28. The van der Waals surface area contributed by atoms with Gasteiger partial charge in [0.15, 0.2) is 11.5 Å². The van der Waals surface area contributed by atoms with Crippen LogP contribution in [0, 0.1) is 0 Å². The van der Waals surface area contributed by atoms with Crippen LogP contribution in [0.3, 0.4) is 0 Å². The molecule has 0 spiro atoms. The van der Waals surface area contributed by atoms with Crippen LogP contribution in [0.1, 0.15) is 25.3 Å². The summed E-state index contributed by atoms with van der Waals surface area (Å²) < 4.78 is 0. The fourth-order valence-electron chi connectivity index (χ4n) is 2.72. The Bertz CT molecular complexity index is 526. The predicted octanol–water partition coefficient (Wildman–Crippen LogP) is 0.341. The number of phenolic OH excluding ortho intramolecular Hbond substituents is 2. The van der Waals surface area contributed by atoms with Gasteiger partial charge in [0.25, 0.3) is 0 Å². The lowest BCUT2D eigenvalue weighted by Crippen LogP contribution is -2.66. The van der Waals surface area contributed by atoms with E-state index in [2.05, 4.69) is 0 Å². The third-order valence-corrected chi connectivity index (χ3v) is 3.81. The van der Waals surface area contributed by atoms with Gasteiger partial charge in [-0.1, -0.05) is 19.4 Å². The van der Waals surface area contributed by atoms with Gasteiger partial charge in [-0.25, -0.2) is 0 Å². The molecule has 1 aromatic carbocycles. The second-order valence-electron chi connectivity index (χ2n) is 5.80. The first-order valence-corrected chi connectivity index (χ1v) is 7.12. The summed E-state index contributed by atoms with van der Waals surface area (Å²) in [6.07, 6.45) is 1.82. The number of nitrogens with zero attached hydrogens (tertiary/aromatic N) is 1. The van der Waals surface area contributed by atoms with Gasteiger partial charge in [0.1, 0.15) is 0 Å². The average Bonchev–Trinajstić information content (AvgIpc) is 2.39. The van der Waals surface area contributed by atoms with Crippen molar-refractivity contribution in [3.05, 3.63) is 23.8 Å². The molecule has 0 aromatic heterocycles. The quantitative estimate of drug-likeness (QED) is 0.586. The number of rotatable bonds is 5. The zero-order chi connectivity index (χ0) is 15.6. The Morgan fingerprint density at radius 2 is 2.05 bits per heavy atom. The number of hydrogen-bond acceptors (Lipinski definition) is 5. The van der Waals surface area contributed by atoms with E-state index in [4.69, 9.17) is 5.73 Å². The van der Waals surface area contributed by atoms with Gasteiger partial charge in [-0.3, -0.25) is 4.79 Å². The van der Waals surface area contributed by atoms with E-state index >= 15 is 0 Å². The standard InChI is InChI=1S/C15H22N2O4/c1-2-5-15(21)8-17(9-15)14(20)11(16)6-10-3-4-12(18)13(19)7-10/h3-4,7,11,18-19,21H,2,5-6,8-9,16H2,1H3/t11-/m0/s1. The number of aliphatic hydroxyl groups is 1. The molecule has 1 atom stereocenters. The van der Waals surface area contributed by atoms with Crippen molar-refractivity contribution in [3.63, 3.8) is 0 Å². The number of benzene rings is 1. The monoisotopic (exact) mass is 294 g/mol. The zero-order valence-corrected chi connectivity index (χ0v) is 12.1. The Morgan fingerprint density at radius 1 is 1.38 bits per heavy atom. The SMILES string of the molecule is CCCC1(O)CN(C(=O)[C@@H](N)Cc2ccc(O)c(O)c2)C1. The molecule has 5 N–H and O–H groups in total. The van der Waals surface area contributed by atoms with Gasteiger partial charge >= 0.3 is 0 Å². The van der Waals surface area contributed by atoms with Gasteiger partial charge in [-0.2, -0.15) is 0 Å². The maximum atomic E-state index is 12.2. The van der Waals surface area contributed by atoms with E-state index < -0.39 is 11.6 Å². The van der Waals surface area contributed by atoms with E-state index in [-0.39, 0.29) is 23.8 Å². The molecule has 6 heteroatoms. The highest BCUT2D eigenvalue weighted by atomic mass is 16.3. The van der Waals surface area contributed by atoms with E-state index in [0.717, 1.165) is 6.42 Å². The van der Waals surface area contributed by atoms with Gasteiger partial charge in [-0.15, -0.1) is 0 Å². The molecule has 21 heavy (non-hydrogen) atoms. The molecule has 0 aliphatic carbocycles. The molecule has 1 heterocycles. The van der Waals surface area contributed by atoms with Crippen molar-refractivity contribution in [2.45, 2.75) is 37.8 Å². The summed E-state index contributed by atoms with van der Waals surface area (Å²) in [5.74, 6) is -0.636. The molecular weight excluding hydrogens is 272 g/mol. The van der Waals surface area contributed by atoms with Crippen molar-refractivity contribution >= 4 is 5.91 Å². The Morgan fingerprint density at radius 3 is 2.62 bits per heavy atom. The van der Waals surface area contributed by atoms with Crippen molar-refractivity contribution < 1.29 is 20.1 Å². The van der Waals surface area contributed by atoms with Crippen molar-refractivity contribution in [1.29, 1.82) is 0 Å². The molecule has 0 radical (unpaired) electrons. The fourth-order valence-corrected chi connectivity index (χ4v) is 2.72. The minimum absolute atomic E-state index is 0.203. The van der Waals surface area contributed by atoms with Crippen molar-refractivity contribution in [3.8, 4) is 11.5 Å². The maximum Gasteiger partial charge on any atom is 0.240 e. The first-order chi connectivity index (χ1) is 9.84. The summed E-state index contributed by atoms with van der Waals surface area (Å²) in [6, 6.07) is 3.66. The summed E-state index contributed by atoms with van der Waals surface area (Å²) in [6.45, 7) is 2.65. The lowest BCUT2D eigenvalue weighted by atomic mass is 9.88. The fraction of sp³-hybridized carbons (Fsp3) is 0.533. The number of amides is 1. The van der Waals surface area contributed by atoms with Crippen LogP contribution in [0.5, 0.6) is 11.5 Å². The molecule has 1 aliphatic heterocycles. The Labute approximate surface area is 123 Å². The minimum Gasteiger partial charge on any atom is -0.504 e. The molecule has 1 aromatic rings. The van der Waals surface area contributed by atoms with Gasteiger partial charge in [0, 0.05) is 0 Å². The highest BCUT2D eigenvalue weighted by molar-refractivity contribution is 5.83. The number of β-amino-alcohol motifs (C(OH)–C–C–N with tert-alkyl or cyclic N) is 1. The van der Waals surface area contributed by atoms with E-state index in [0.29, 0.717) is 25.1 Å². The minimum atomic E-state index is -0.763. The van der Waals surface area contributed by atoms with Crippen molar-refractivity contribution in [2.24, 2.45) is 5.73 Å². The first kappa shape index (κ1) is 15.6. The van der Waals surface area contributed by atoms with Crippen molar-refractivity contribution in [2.75, 3.05) is 13.1 Å². The molecule has 1 fully saturated rings. The van der Waals surface area contributed by atoms with Crippen LogP contribution in [-0.2, 0) is 11.2 Å². The molecule has 1 aliphatic rings. The second-order valence-corrected chi connectivity index (χ2v) is 5.80. The van der Waals surface area contributed by atoms with Gasteiger partial charge < -0.3 is 26.0 Å². The molecule has 1 amide bonds. The predicted molar refractivity (Wildman–Crippen MR) is 77.9 cm³/mol. The molecule has 0 saturated carbocycles. The highest BCUT2D eigenvalue weighted by Gasteiger charge is 2.43. The Hall–Kier alpha value is -1.79. The third-order valence-electron chi connectivity index (χ3n) is 3.81. The normalized spacial score (nSPS) is 18.1. The first-order valence-electron chi connectivity index (χ1n) is 7.12. The van der Waals surface area contributed by atoms with Crippen LogP contribution in [0.15, 0.2) is 18.2 Å². The number of likely N-dealkylation sites (tertiary alicyclic amines) is 1. The summed E-state index contributed by atoms with van der Waals surface area (Å²) >= 11 is 0. The number of nitrogens with two attached hydrogens (primary N) is 1. The number of carbonyl (C=O) groups excluding carboxylic acids is 1. The van der Waals surface area contributed by atoms with Crippen LogP contribution < -0.4 is 5.73 Å². The van der Waals surface area contributed by atoms with Gasteiger partial charge in [0.2, 0.25) is 5.91 Å². The van der Waals surface area contributed by atoms with E-state index in [1.54, 1.807) is 11.0 Å². The Balaban J connectivity index is 1.90. The summed E-state index contributed by atoms with van der Waals surface area (Å²) in [4.78, 5) is 13.7. The van der Waals surface area contributed by atoms with Crippen LogP contribution in [0.4, 0.5) is 0 Å². The van der Waals surface area contributed by atoms with E-state index in [9.17, 15) is 20.1 Å². The molecule has 0 bridgehead atoms. The number of carbonyl (C=O) groups is 1. The van der Waals surface area contributed by atoms with Gasteiger partial charge in [0.05, 0.1) is 24.7 Å². The van der Waals surface area contributed by atoms with Gasteiger partial charge in [-0.05, 0) is 30.5 Å². The lowest BCUT2D eigenvalue weighted by Gasteiger charge is -2.47. The largest absolute Gasteiger partial charge is 0.504 e. The maximum absolute atomic E-state index is 12.2. The number of phenols is 2. The van der Waals surface area contributed by atoms with Crippen LogP contribution in [0.2, 0.25) is 0 Å². The second kappa shape index (κ2) is 5.91. The summed E-state index contributed by atoms with van der Waals surface area (Å²) in [5, 5.41) is 28.7. The van der Waals surface area contributed by atoms with Crippen LogP contribution in [-0.4, -0.2) is 50.9 Å². The van der Waals surface area contributed by atoms with Crippen molar-refractivity contribution in [1.82, 2.24) is 4.90 Å². The number of aromatic hydroxyl groups is 2. The molecular formula is C15H22N2O4. The summed E-state index contributed by atoms with van der Waals surface area (Å²) in [7, 11) is 0. The molecule has 1 saturated heterocycles. The van der Waals surface area contributed by atoms with E-state index in [1.807, 2.05) is 6.92 Å². The lowest BCUT2D eigenvalue weighted by molar-refractivity contribution is -0.157. The molecule has 116 valence electrons. The summed E-state index contributed by atoms with van der Waals surface area (Å²) in [5.41, 5.74) is 5.81.